The molecule has 0 saturated carbocycles. The zero-order chi connectivity index (χ0) is 17.1. The van der Waals surface area contributed by atoms with Crippen LogP contribution in [0.4, 0.5) is 0 Å². The number of aromatic nitrogens is 3. The van der Waals surface area contributed by atoms with Gasteiger partial charge < -0.3 is 10.1 Å². The van der Waals surface area contributed by atoms with Gasteiger partial charge in [-0.15, -0.1) is 0 Å². The SMILES string of the molecule is CCCc1n[nH]c(=S)n1CC(=O)N[C@H](C)[C@H]1COc2ccccc21. The van der Waals surface area contributed by atoms with Crippen molar-refractivity contribution in [3.8, 4) is 5.75 Å². The lowest BCUT2D eigenvalue weighted by atomic mass is 9.94. The van der Waals surface area contributed by atoms with Crippen molar-refractivity contribution in [2.45, 2.75) is 45.2 Å². The van der Waals surface area contributed by atoms with Crippen LogP contribution in [0.25, 0.3) is 0 Å². The standard InChI is InChI=1S/C17H22N4O2S/c1-3-6-15-19-20-17(24)21(15)9-16(22)18-11(2)13-10-23-14-8-5-4-7-12(13)14/h4-5,7-8,11,13H,3,6,9-10H2,1-2H3,(H,18,22)(H,20,24)/t11-,13-/m1/s1. The molecule has 7 heteroatoms. The van der Waals surface area contributed by atoms with E-state index in [1.54, 1.807) is 4.57 Å². The average Bonchev–Trinajstić information content (AvgIpc) is 3.13. The van der Waals surface area contributed by atoms with Gasteiger partial charge in [0.2, 0.25) is 5.91 Å². The second-order valence-electron chi connectivity index (χ2n) is 6.09. The number of carbonyl (C=O) groups excluding carboxylic acids is 1. The van der Waals surface area contributed by atoms with Crippen molar-refractivity contribution in [3.05, 3.63) is 40.4 Å². The van der Waals surface area contributed by atoms with Gasteiger partial charge in [-0.05, 0) is 31.6 Å². The van der Waals surface area contributed by atoms with Gasteiger partial charge in [0.1, 0.15) is 18.1 Å². The van der Waals surface area contributed by atoms with E-state index in [1.807, 2.05) is 25.1 Å². The van der Waals surface area contributed by atoms with Crippen molar-refractivity contribution in [2.24, 2.45) is 0 Å². The summed E-state index contributed by atoms with van der Waals surface area (Å²) in [5.74, 6) is 1.82. The van der Waals surface area contributed by atoms with Crippen LogP contribution in [0.1, 0.15) is 37.6 Å². The fraction of sp³-hybridized carbons (Fsp3) is 0.471. The molecule has 6 nitrogen and oxygen atoms in total. The van der Waals surface area contributed by atoms with Crippen LogP contribution in [-0.4, -0.2) is 33.3 Å². The summed E-state index contributed by atoms with van der Waals surface area (Å²) in [6, 6.07) is 7.96. The highest BCUT2D eigenvalue weighted by Gasteiger charge is 2.29. The van der Waals surface area contributed by atoms with Crippen molar-refractivity contribution >= 4 is 18.1 Å². The monoisotopic (exact) mass is 346 g/mol. The number of nitrogens with one attached hydrogen (secondary N) is 2. The predicted octanol–water partition coefficient (Wildman–Crippen LogP) is 2.57. The van der Waals surface area contributed by atoms with E-state index in [1.165, 1.54) is 0 Å². The fourth-order valence-corrected chi connectivity index (χ4v) is 3.29. The van der Waals surface area contributed by atoms with Gasteiger partial charge in [0.05, 0.1) is 6.61 Å². The first-order chi connectivity index (χ1) is 11.6. The Kier molecular flexibility index (Phi) is 4.99. The number of nitrogens with zero attached hydrogens (tertiary/aromatic N) is 2. The van der Waals surface area contributed by atoms with Crippen LogP contribution in [0.5, 0.6) is 5.75 Å². The molecular weight excluding hydrogens is 324 g/mol. The van der Waals surface area contributed by atoms with E-state index >= 15 is 0 Å². The van der Waals surface area contributed by atoms with E-state index in [0.717, 1.165) is 30.0 Å². The predicted molar refractivity (Wildman–Crippen MR) is 93.7 cm³/mol. The Labute approximate surface area is 146 Å². The van der Waals surface area contributed by atoms with Crippen molar-refractivity contribution in [1.29, 1.82) is 0 Å². The van der Waals surface area contributed by atoms with E-state index in [2.05, 4.69) is 28.5 Å². The smallest absolute Gasteiger partial charge is 0.240 e. The largest absolute Gasteiger partial charge is 0.493 e. The Morgan fingerprint density at radius 2 is 2.33 bits per heavy atom. The summed E-state index contributed by atoms with van der Waals surface area (Å²) in [4.78, 5) is 12.4. The number of carbonyl (C=O) groups is 1. The summed E-state index contributed by atoms with van der Waals surface area (Å²) < 4.78 is 7.95. The van der Waals surface area contributed by atoms with Gasteiger partial charge in [-0.2, -0.15) is 5.10 Å². The average molecular weight is 346 g/mol. The van der Waals surface area contributed by atoms with E-state index in [4.69, 9.17) is 17.0 Å². The normalized spacial score (nSPS) is 17.2. The maximum absolute atomic E-state index is 12.4. The van der Waals surface area contributed by atoms with Crippen LogP contribution in [0.3, 0.4) is 0 Å². The maximum Gasteiger partial charge on any atom is 0.240 e. The lowest BCUT2D eigenvalue weighted by Crippen LogP contribution is -2.39. The molecule has 0 bridgehead atoms. The number of hydrogen-bond acceptors (Lipinski definition) is 4. The third kappa shape index (κ3) is 3.36. The van der Waals surface area contributed by atoms with Gasteiger partial charge in [0.25, 0.3) is 0 Å². The third-order valence-electron chi connectivity index (χ3n) is 4.34. The van der Waals surface area contributed by atoms with Crippen LogP contribution < -0.4 is 10.1 Å². The molecule has 24 heavy (non-hydrogen) atoms. The summed E-state index contributed by atoms with van der Waals surface area (Å²) in [5.41, 5.74) is 1.15. The highest BCUT2D eigenvalue weighted by atomic mass is 32.1. The van der Waals surface area contributed by atoms with Gasteiger partial charge in [-0.1, -0.05) is 25.1 Å². The van der Waals surface area contributed by atoms with Crippen LogP contribution >= 0.6 is 12.2 Å². The lowest BCUT2D eigenvalue weighted by molar-refractivity contribution is -0.122. The summed E-state index contributed by atoms with van der Waals surface area (Å²) in [5, 5.41) is 10.0. The molecule has 2 N–H and O–H groups in total. The summed E-state index contributed by atoms with van der Waals surface area (Å²) >= 11 is 5.22. The first kappa shape index (κ1) is 16.7. The van der Waals surface area contributed by atoms with E-state index < -0.39 is 0 Å². The molecule has 0 unspecified atom stereocenters. The number of fused-ring (bicyclic) bond motifs is 1. The third-order valence-corrected chi connectivity index (χ3v) is 4.65. The van der Waals surface area contributed by atoms with Crippen LogP contribution in [-0.2, 0) is 17.8 Å². The first-order valence-electron chi connectivity index (χ1n) is 8.25. The van der Waals surface area contributed by atoms with Gasteiger partial charge in [-0.3, -0.25) is 14.5 Å². The number of ether oxygens (including phenoxy) is 1. The zero-order valence-electron chi connectivity index (χ0n) is 13.9. The van der Waals surface area contributed by atoms with Gasteiger partial charge in [0.15, 0.2) is 4.77 Å². The molecule has 0 fully saturated rings. The molecule has 0 spiro atoms. The van der Waals surface area contributed by atoms with Gasteiger partial charge >= 0.3 is 0 Å². The topological polar surface area (TPSA) is 71.9 Å². The minimum atomic E-state index is -0.0678. The summed E-state index contributed by atoms with van der Waals surface area (Å²) in [7, 11) is 0. The van der Waals surface area contributed by atoms with Gasteiger partial charge in [0, 0.05) is 23.9 Å². The molecule has 3 rings (SSSR count). The number of para-hydroxylation sites is 1. The Hall–Kier alpha value is -2.15. The molecule has 0 radical (unpaired) electrons. The number of aryl methyl sites for hydroxylation is 1. The number of benzene rings is 1. The molecule has 1 aromatic heterocycles. The molecule has 2 atom stereocenters. The number of rotatable bonds is 6. The molecule has 1 aliphatic rings. The van der Waals surface area contributed by atoms with Crippen molar-refractivity contribution in [2.75, 3.05) is 6.61 Å². The molecule has 128 valence electrons. The Morgan fingerprint density at radius 3 is 3.12 bits per heavy atom. The van der Waals surface area contributed by atoms with Gasteiger partial charge in [-0.25, -0.2) is 0 Å². The van der Waals surface area contributed by atoms with E-state index in [-0.39, 0.29) is 24.4 Å². The zero-order valence-corrected chi connectivity index (χ0v) is 14.7. The second kappa shape index (κ2) is 7.17. The van der Waals surface area contributed by atoms with Crippen LogP contribution in [0.15, 0.2) is 24.3 Å². The van der Waals surface area contributed by atoms with Crippen LogP contribution in [0.2, 0.25) is 0 Å². The minimum Gasteiger partial charge on any atom is -0.493 e. The molecule has 1 aliphatic heterocycles. The Balaban J connectivity index is 1.66. The maximum atomic E-state index is 12.4. The summed E-state index contributed by atoms with van der Waals surface area (Å²) in [6.07, 6.45) is 1.74. The number of hydrogen-bond donors (Lipinski definition) is 2. The molecule has 0 aliphatic carbocycles. The number of amides is 1. The lowest BCUT2D eigenvalue weighted by Gasteiger charge is -2.20. The number of aromatic amines is 1. The van der Waals surface area contributed by atoms with Crippen molar-refractivity contribution < 1.29 is 9.53 Å². The minimum absolute atomic E-state index is 0.0168. The Bertz CT molecular complexity index is 783. The Morgan fingerprint density at radius 1 is 1.54 bits per heavy atom. The second-order valence-corrected chi connectivity index (χ2v) is 6.48. The molecule has 1 aromatic carbocycles. The van der Waals surface area contributed by atoms with Crippen molar-refractivity contribution in [1.82, 2.24) is 20.1 Å². The number of H-pyrrole nitrogens is 1. The highest BCUT2D eigenvalue weighted by Crippen LogP contribution is 2.35. The quantitative estimate of drug-likeness (QED) is 0.789. The first-order valence-corrected chi connectivity index (χ1v) is 8.66. The molecule has 0 saturated heterocycles. The fourth-order valence-electron chi connectivity index (χ4n) is 3.07. The van der Waals surface area contributed by atoms with E-state index in [0.29, 0.717) is 11.4 Å². The molecular formula is C17H22N4O2S. The van der Waals surface area contributed by atoms with Crippen LogP contribution in [0, 0.1) is 4.77 Å². The molecule has 2 aromatic rings. The van der Waals surface area contributed by atoms with Crippen molar-refractivity contribution in [3.63, 3.8) is 0 Å². The van der Waals surface area contributed by atoms with E-state index in [9.17, 15) is 4.79 Å². The molecule has 1 amide bonds. The highest BCUT2D eigenvalue weighted by molar-refractivity contribution is 7.71. The molecule has 2 heterocycles. The summed E-state index contributed by atoms with van der Waals surface area (Å²) in [6.45, 7) is 4.86.